The van der Waals surface area contributed by atoms with Crippen molar-refractivity contribution in [2.45, 2.75) is 53.1 Å². The van der Waals surface area contributed by atoms with Gasteiger partial charge in [0.1, 0.15) is 12.6 Å². The topological polar surface area (TPSA) is 95.9 Å². The number of hydrogen-bond acceptors (Lipinski definition) is 4. The number of urea groups is 1. The molecule has 0 radical (unpaired) electrons. The van der Waals surface area contributed by atoms with Crippen molar-refractivity contribution in [3.63, 3.8) is 0 Å². The van der Waals surface area contributed by atoms with E-state index in [9.17, 15) is 19.5 Å². The fourth-order valence-electron chi connectivity index (χ4n) is 1.73. The highest BCUT2D eigenvalue weighted by atomic mass is 16.5. The van der Waals surface area contributed by atoms with Gasteiger partial charge in [0, 0.05) is 6.04 Å². The van der Waals surface area contributed by atoms with Crippen LogP contribution in [0, 0.1) is 5.92 Å². The number of nitrogens with one attached hydrogen (secondary N) is 1. The molecule has 0 saturated carbocycles. The van der Waals surface area contributed by atoms with E-state index in [-0.39, 0.29) is 25.1 Å². The first-order chi connectivity index (χ1) is 9.74. The molecule has 0 saturated heterocycles. The summed E-state index contributed by atoms with van der Waals surface area (Å²) in [6, 6.07) is -1.81. The molecule has 0 aromatic carbocycles. The van der Waals surface area contributed by atoms with Crippen molar-refractivity contribution in [1.82, 2.24) is 10.2 Å². The summed E-state index contributed by atoms with van der Waals surface area (Å²) >= 11 is 0. The highest BCUT2D eigenvalue weighted by Gasteiger charge is 2.29. The van der Waals surface area contributed by atoms with Crippen LogP contribution in [0.25, 0.3) is 0 Å². The quantitative estimate of drug-likeness (QED) is 0.662. The monoisotopic (exact) mass is 302 g/mol. The molecule has 0 aromatic heterocycles. The second-order valence-electron chi connectivity index (χ2n) is 5.18. The Morgan fingerprint density at radius 3 is 2.14 bits per heavy atom. The molecule has 0 fully saturated rings. The van der Waals surface area contributed by atoms with Crippen LogP contribution in [0.4, 0.5) is 4.79 Å². The molecule has 2 atom stereocenters. The van der Waals surface area contributed by atoms with E-state index >= 15 is 0 Å². The molecule has 0 aliphatic heterocycles. The van der Waals surface area contributed by atoms with Gasteiger partial charge in [-0.2, -0.15) is 0 Å². The third kappa shape index (κ3) is 6.46. The minimum atomic E-state index is -1.09. The SMILES string of the molecule is CCOC(=O)CN(C(=O)N[C@H](C(=O)O)[C@@H](C)CC)C(C)C. The van der Waals surface area contributed by atoms with Gasteiger partial charge in [-0.3, -0.25) is 4.79 Å². The summed E-state index contributed by atoms with van der Waals surface area (Å²) < 4.78 is 4.82. The van der Waals surface area contributed by atoms with E-state index < -0.39 is 24.0 Å². The van der Waals surface area contributed by atoms with E-state index in [0.717, 1.165) is 0 Å². The molecule has 0 rings (SSSR count). The lowest BCUT2D eigenvalue weighted by Crippen LogP contribution is -2.53. The number of esters is 1. The van der Waals surface area contributed by atoms with E-state index in [4.69, 9.17) is 4.74 Å². The molecule has 0 aromatic rings. The minimum Gasteiger partial charge on any atom is -0.480 e. The molecular weight excluding hydrogens is 276 g/mol. The average molecular weight is 302 g/mol. The Kier molecular flexibility index (Phi) is 8.42. The molecule has 0 unspecified atom stereocenters. The average Bonchev–Trinajstić information content (AvgIpc) is 2.40. The highest BCUT2D eigenvalue weighted by Crippen LogP contribution is 2.09. The van der Waals surface area contributed by atoms with Gasteiger partial charge in [-0.25, -0.2) is 9.59 Å². The van der Waals surface area contributed by atoms with Crippen LogP contribution in [0.1, 0.15) is 41.0 Å². The van der Waals surface area contributed by atoms with Crippen LogP contribution in [0.2, 0.25) is 0 Å². The van der Waals surface area contributed by atoms with Gasteiger partial charge in [-0.15, -0.1) is 0 Å². The Labute approximate surface area is 125 Å². The molecule has 2 N–H and O–H groups in total. The zero-order valence-corrected chi connectivity index (χ0v) is 13.4. The van der Waals surface area contributed by atoms with E-state index in [1.54, 1.807) is 27.7 Å². The highest BCUT2D eigenvalue weighted by molar-refractivity contribution is 5.85. The van der Waals surface area contributed by atoms with Gasteiger partial charge in [0.05, 0.1) is 6.61 Å². The normalized spacial score (nSPS) is 13.4. The standard InChI is InChI=1S/C14H26N2O5/c1-6-10(5)12(13(18)19)15-14(20)16(9(3)4)8-11(17)21-7-2/h9-10,12H,6-8H2,1-5H3,(H,15,20)(H,18,19)/t10-,12-/m0/s1. The Hall–Kier alpha value is -1.79. The first kappa shape index (κ1) is 19.2. The first-order valence-corrected chi connectivity index (χ1v) is 7.20. The van der Waals surface area contributed by atoms with E-state index in [2.05, 4.69) is 5.32 Å². The summed E-state index contributed by atoms with van der Waals surface area (Å²) in [4.78, 5) is 36.2. The van der Waals surface area contributed by atoms with Crippen LogP contribution in [-0.2, 0) is 14.3 Å². The van der Waals surface area contributed by atoms with Crippen molar-refractivity contribution < 1.29 is 24.2 Å². The molecule has 2 amide bonds. The first-order valence-electron chi connectivity index (χ1n) is 7.20. The van der Waals surface area contributed by atoms with Gasteiger partial charge in [-0.05, 0) is 26.7 Å². The number of carboxylic acid groups (broad SMARTS) is 1. The predicted octanol–water partition coefficient (Wildman–Crippen LogP) is 1.47. The second-order valence-corrected chi connectivity index (χ2v) is 5.18. The maximum Gasteiger partial charge on any atom is 0.326 e. The Balaban J connectivity index is 4.88. The summed E-state index contributed by atoms with van der Waals surface area (Å²) in [7, 11) is 0. The third-order valence-corrected chi connectivity index (χ3v) is 3.25. The lowest BCUT2D eigenvalue weighted by atomic mass is 9.99. The smallest absolute Gasteiger partial charge is 0.326 e. The summed E-state index contributed by atoms with van der Waals surface area (Å²) in [5, 5.41) is 11.7. The van der Waals surface area contributed by atoms with Gasteiger partial charge < -0.3 is 20.1 Å². The van der Waals surface area contributed by atoms with Crippen LogP contribution in [0.3, 0.4) is 0 Å². The number of carbonyl (C=O) groups excluding carboxylic acids is 2. The molecule has 0 spiro atoms. The zero-order valence-electron chi connectivity index (χ0n) is 13.4. The summed E-state index contributed by atoms with van der Waals surface area (Å²) in [6.45, 7) is 8.81. The molecule has 0 heterocycles. The molecule has 122 valence electrons. The van der Waals surface area contributed by atoms with E-state index in [0.29, 0.717) is 6.42 Å². The number of aliphatic carboxylic acids is 1. The van der Waals surface area contributed by atoms with Crippen LogP contribution in [0.15, 0.2) is 0 Å². The Morgan fingerprint density at radius 2 is 1.76 bits per heavy atom. The van der Waals surface area contributed by atoms with Gasteiger partial charge in [-0.1, -0.05) is 20.3 Å². The summed E-state index contributed by atoms with van der Waals surface area (Å²) in [6.07, 6.45) is 0.622. The van der Waals surface area contributed by atoms with Crippen molar-refractivity contribution >= 4 is 18.0 Å². The third-order valence-electron chi connectivity index (χ3n) is 3.25. The van der Waals surface area contributed by atoms with Crippen molar-refractivity contribution in [2.75, 3.05) is 13.2 Å². The lowest BCUT2D eigenvalue weighted by Gasteiger charge is -2.29. The van der Waals surface area contributed by atoms with Gasteiger partial charge >= 0.3 is 18.0 Å². The van der Waals surface area contributed by atoms with Crippen LogP contribution in [-0.4, -0.2) is 53.2 Å². The van der Waals surface area contributed by atoms with Gasteiger partial charge in [0.25, 0.3) is 0 Å². The van der Waals surface area contributed by atoms with Crippen LogP contribution >= 0.6 is 0 Å². The largest absolute Gasteiger partial charge is 0.480 e. The predicted molar refractivity (Wildman–Crippen MR) is 77.9 cm³/mol. The maximum atomic E-state index is 12.2. The molecular formula is C14H26N2O5. The minimum absolute atomic E-state index is 0.204. The number of amides is 2. The molecule has 7 heteroatoms. The van der Waals surface area contributed by atoms with Crippen molar-refractivity contribution in [1.29, 1.82) is 0 Å². The summed E-state index contributed by atoms with van der Waals surface area (Å²) in [5.74, 6) is -1.81. The zero-order chi connectivity index (χ0) is 16.6. The molecule has 0 bridgehead atoms. The fraction of sp³-hybridized carbons (Fsp3) is 0.786. The van der Waals surface area contributed by atoms with E-state index in [1.165, 1.54) is 4.90 Å². The molecule has 0 aliphatic rings. The van der Waals surface area contributed by atoms with Crippen molar-refractivity contribution in [3.8, 4) is 0 Å². The number of ether oxygens (including phenoxy) is 1. The van der Waals surface area contributed by atoms with E-state index in [1.807, 2.05) is 6.92 Å². The molecule has 0 aliphatic carbocycles. The lowest BCUT2D eigenvalue weighted by molar-refractivity contribution is -0.144. The maximum absolute atomic E-state index is 12.2. The summed E-state index contributed by atoms with van der Waals surface area (Å²) in [5.41, 5.74) is 0. The number of rotatable bonds is 8. The van der Waals surface area contributed by atoms with Crippen molar-refractivity contribution in [2.24, 2.45) is 5.92 Å². The molecule has 21 heavy (non-hydrogen) atoms. The Bertz CT molecular complexity index is 370. The second kappa shape index (κ2) is 9.20. The Morgan fingerprint density at radius 1 is 1.19 bits per heavy atom. The number of carbonyl (C=O) groups is 3. The number of nitrogens with zero attached hydrogens (tertiary/aromatic N) is 1. The van der Waals surface area contributed by atoms with Crippen molar-refractivity contribution in [3.05, 3.63) is 0 Å². The van der Waals surface area contributed by atoms with Gasteiger partial charge in [0.15, 0.2) is 0 Å². The van der Waals surface area contributed by atoms with Crippen LogP contribution < -0.4 is 5.32 Å². The fourth-order valence-corrected chi connectivity index (χ4v) is 1.73. The number of carboxylic acids is 1. The number of hydrogen-bond donors (Lipinski definition) is 2. The molecule has 7 nitrogen and oxygen atoms in total. The van der Waals surface area contributed by atoms with Crippen LogP contribution in [0.5, 0.6) is 0 Å². The van der Waals surface area contributed by atoms with Gasteiger partial charge in [0.2, 0.25) is 0 Å².